The summed E-state index contributed by atoms with van der Waals surface area (Å²) in [7, 11) is 0. The molecule has 6 heteroatoms. The highest BCUT2D eigenvalue weighted by Gasteiger charge is 2.11. The maximum Gasteiger partial charge on any atom is 0.269 e. The molecule has 0 aliphatic carbocycles. The van der Waals surface area contributed by atoms with Crippen LogP contribution in [0.15, 0.2) is 36.5 Å². The fraction of sp³-hybridized carbons (Fsp3) is 0.154. The van der Waals surface area contributed by atoms with E-state index in [4.69, 9.17) is 18.0 Å². The summed E-state index contributed by atoms with van der Waals surface area (Å²) in [6.07, 6.45) is 1.72. The van der Waals surface area contributed by atoms with Crippen LogP contribution in [0.5, 0.6) is 0 Å². The predicted molar refractivity (Wildman–Crippen MR) is 78.4 cm³/mol. The van der Waals surface area contributed by atoms with Gasteiger partial charge in [0.15, 0.2) is 5.11 Å². The Morgan fingerprint density at radius 1 is 1.47 bits per heavy atom. The number of hydrazine groups is 1. The molecule has 98 valence electrons. The van der Waals surface area contributed by atoms with E-state index in [9.17, 15) is 4.79 Å². The summed E-state index contributed by atoms with van der Waals surface area (Å²) in [5, 5.41) is 2.47. The number of thiocarbonyl (C=S) groups is 1. The first kappa shape index (κ1) is 13.2. The van der Waals surface area contributed by atoms with E-state index in [0.29, 0.717) is 12.1 Å². The molecule has 1 aromatic carbocycles. The SMILES string of the molecule is CCN(NC(=O)c1ccc2ncccc2c1)C(N)=S. The number of hydrogen-bond acceptors (Lipinski definition) is 3. The zero-order chi connectivity index (χ0) is 13.8. The van der Waals surface area contributed by atoms with E-state index in [1.165, 1.54) is 5.01 Å². The quantitative estimate of drug-likeness (QED) is 0.640. The van der Waals surface area contributed by atoms with Crippen LogP contribution >= 0.6 is 12.2 Å². The molecule has 0 aliphatic heterocycles. The number of aromatic nitrogens is 1. The Labute approximate surface area is 116 Å². The van der Waals surface area contributed by atoms with Crippen molar-refractivity contribution < 1.29 is 4.79 Å². The number of hydrogen-bond donors (Lipinski definition) is 2. The molecule has 1 aromatic heterocycles. The second-order valence-electron chi connectivity index (χ2n) is 3.93. The monoisotopic (exact) mass is 274 g/mol. The fourth-order valence-electron chi connectivity index (χ4n) is 1.69. The minimum absolute atomic E-state index is 0.137. The normalized spacial score (nSPS) is 10.2. The summed E-state index contributed by atoms with van der Waals surface area (Å²) in [5.41, 5.74) is 9.54. The predicted octanol–water partition coefficient (Wildman–Crippen LogP) is 1.45. The second kappa shape index (κ2) is 5.62. The summed E-state index contributed by atoms with van der Waals surface area (Å²) in [6, 6.07) is 9.05. The Morgan fingerprint density at radius 3 is 2.95 bits per heavy atom. The van der Waals surface area contributed by atoms with Crippen molar-refractivity contribution in [2.75, 3.05) is 6.54 Å². The smallest absolute Gasteiger partial charge is 0.269 e. The summed E-state index contributed by atoms with van der Waals surface area (Å²) in [4.78, 5) is 16.3. The molecule has 0 spiro atoms. The van der Waals surface area contributed by atoms with Crippen LogP contribution in [-0.2, 0) is 0 Å². The molecule has 19 heavy (non-hydrogen) atoms. The zero-order valence-electron chi connectivity index (χ0n) is 10.5. The van der Waals surface area contributed by atoms with Crippen molar-refractivity contribution in [3.8, 4) is 0 Å². The van der Waals surface area contributed by atoms with Gasteiger partial charge in [-0.05, 0) is 43.4 Å². The molecule has 0 atom stereocenters. The number of carbonyl (C=O) groups is 1. The van der Waals surface area contributed by atoms with Crippen molar-refractivity contribution in [1.29, 1.82) is 0 Å². The van der Waals surface area contributed by atoms with Gasteiger partial charge >= 0.3 is 0 Å². The Bertz CT molecular complexity index is 629. The van der Waals surface area contributed by atoms with E-state index in [1.807, 2.05) is 19.1 Å². The Kier molecular flexibility index (Phi) is 3.91. The highest BCUT2D eigenvalue weighted by atomic mass is 32.1. The number of amides is 1. The van der Waals surface area contributed by atoms with E-state index < -0.39 is 0 Å². The zero-order valence-corrected chi connectivity index (χ0v) is 11.3. The van der Waals surface area contributed by atoms with Gasteiger partial charge in [0.25, 0.3) is 5.91 Å². The average molecular weight is 274 g/mol. The van der Waals surface area contributed by atoms with Gasteiger partial charge in [0.2, 0.25) is 0 Å². The van der Waals surface area contributed by atoms with E-state index >= 15 is 0 Å². The van der Waals surface area contributed by atoms with Crippen LogP contribution in [0.25, 0.3) is 10.9 Å². The van der Waals surface area contributed by atoms with E-state index in [-0.39, 0.29) is 11.0 Å². The molecule has 0 saturated heterocycles. The number of benzene rings is 1. The molecule has 3 N–H and O–H groups in total. The van der Waals surface area contributed by atoms with Crippen molar-refractivity contribution in [3.05, 3.63) is 42.1 Å². The number of nitrogens with two attached hydrogens (primary N) is 1. The van der Waals surface area contributed by atoms with E-state index in [1.54, 1.807) is 24.4 Å². The van der Waals surface area contributed by atoms with Gasteiger partial charge < -0.3 is 5.73 Å². The molecule has 2 rings (SSSR count). The number of nitrogens with one attached hydrogen (secondary N) is 1. The lowest BCUT2D eigenvalue weighted by Gasteiger charge is -2.21. The first-order valence-corrected chi connectivity index (χ1v) is 6.25. The van der Waals surface area contributed by atoms with Crippen molar-refractivity contribution in [2.24, 2.45) is 5.73 Å². The van der Waals surface area contributed by atoms with Gasteiger partial charge in [-0.2, -0.15) is 0 Å². The molecule has 5 nitrogen and oxygen atoms in total. The first-order valence-electron chi connectivity index (χ1n) is 5.84. The molecule has 1 amide bonds. The van der Waals surface area contributed by atoms with Crippen LogP contribution in [0.4, 0.5) is 0 Å². The minimum atomic E-state index is -0.250. The van der Waals surface area contributed by atoms with Gasteiger partial charge in [-0.25, -0.2) is 0 Å². The minimum Gasteiger partial charge on any atom is -0.375 e. The molecular formula is C13H14N4OS. The van der Waals surface area contributed by atoms with Crippen molar-refractivity contribution in [3.63, 3.8) is 0 Å². The third-order valence-corrected chi connectivity index (χ3v) is 2.90. The van der Waals surface area contributed by atoms with Gasteiger partial charge in [0.1, 0.15) is 0 Å². The first-order chi connectivity index (χ1) is 9.11. The van der Waals surface area contributed by atoms with Gasteiger partial charge in [0.05, 0.1) is 5.52 Å². The van der Waals surface area contributed by atoms with Crippen LogP contribution in [0.1, 0.15) is 17.3 Å². The third kappa shape index (κ3) is 2.97. The fourth-order valence-corrected chi connectivity index (χ4v) is 1.87. The maximum atomic E-state index is 12.1. The van der Waals surface area contributed by atoms with Crippen LogP contribution in [-0.4, -0.2) is 27.6 Å². The van der Waals surface area contributed by atoms with Crippen molar-refractivity contribution >= 4 is 34.1 Å². The highest BCUT2D eigenvalue weighted by Crippen LogP contribution is 2.13. The molecule has 0 radical (unpaired) electrons. The van der Waals surface area contributed by atoms with Crippen LogP contribution < -0.4 is 11.2 Å². The molecule has 0 bridgehead atoms. The van der Waals surface area contributed by atoms with Gasteiger partial charge in [0, 0.05) is 23.7 Å². The molecule has 2 aromatic rings. The second-order valence-corrected chi connectivity index (χ2v) is 4.35. The number of pyridine rings is 1. The largest absolute Gasteiger partial charge is 0.375 e. The van der Waals surface area contributed by atoms with Crippen LogP contribution in [0.3, 0.4) is 0 Å². The van der Waals surface area contributed by atoms with E-state index in [0.717, 1.165) is 10.9 Å². The standard InChI is InChI=1S/C13H14N4OS/c1-2-17(13(14)19)16-12(18)10-5-6-11-9(8-10)4-3-7-15-11/h3-8H,2H2,1H3,(H2,14,19)(H,16,18). The topological polar surface area (TPSA) is 71.2 Å². The van der Waals surface area contributed by atoms with Gasteiger partial charge in [-0.3, -0.25) is 20.2 Å². The van der Waals surface area contributed by atoms with Crippen LogP contribution in [0.2, 0.25) is 0 Å². The lowest BCUT2D eigenvalue weighted by molar-refractivity contribution is 0.0875. The van der Waals surface area contributed by atoms with Gasteiger partial charge in [-0.1, -0.05) is 6.07 Å². The molecule has 1 heterocycles. The van der Waals surface area contributed by atoms with Crippen molar-refractivity contribution in [2.45, 2.75) is 6.92 Å². The Morgan fingerprint density at radius 2 is 2.26 bits per heavy atom. The maximum absolute atomic E-state index is 12.1. The number of nitrogens with zero attached hydrogens (tertiary/aromatic N) is 2. The molecule has 0 saturated carbocycles. The van der Waals surface area contributed by atoms with Crippen molar-refractivity contribution in [1.82, 2.24) is 15.4 Å². The Hall–Kier alpha value is -2.21. The van der Waals surface area contributed by atoms with Crippen LogP contribution in [0, 0.1) is 0 Å². The van der Waals surface area contributed by atoms with E-state index in [2.05, 4.69) is 10.4 Å². The molecule has 0 aliphatic rings. The number of rotatable bonds is 2. The molecule has 0 fully saturated rings. The third-order valence-electron chi connectivity index (χ3n) is 2.68. The Balaban J connectivity index is 2.24. The summed E-state index contributed by atoms with van der Waals surface area (Å²) < 4.78 is 0. The lowest BCUT2D eigenvalue weighted by Crippen LogP contribution is -2.48. The van der Waals surface area contributed by atoms with Gasteiger partial charge in [-0.15, -0.1) is 0 Å². The highest BCUT2D eigenvalue weighted by molar-refractivity contribution is 7.80. The summed E-state index contributed by atoms with van der Waals surface area (Å²) in [5.74, 6) is -0.250. The average Bonchev–Trinajstić information content (AvgIpc) is 2.43. The summed E-state index contributed by atoms with van der Waals surface area (Å²) in [6.45, 7) is 2.36. The number of carbonyl (C=O) groups excluding carboxylic acids is 1. The molecular weight excluding hydrogens is 260 g/mol. The summed E-state index contributed by atoms with van der Waals surface area (Å²) >= 11 is 4.84. The number of fused-ring (bicyclic) bond motifs is 1. The lowest BCUT2D eigenvalue weighted by atomic mass is 10.1. The molecule has 0 unspecified atom stereocenters.